The van der Waals surface area contributed by atoms with E-state index in [4.69, 9.17) is 0 Å². The summed E-state index contributed by atoms with van der Waals surface area (Å²) in [7, 11) is 0. The molecular formula is C9H17N. The summed E-state index contributed by atoms with van der Waals surface area (Å²) < 4.78 is 0. The van der Waals surface area contributed by atoms with Gasteiger partial charge in [-0.3, -0.25) is 0 Å². The van der Waals surface area contributed by atoms with Gasteiger partial charge in [-0.1, -0.05) is 13.8 Å². The summed E-state index contributed by atoms with van der Waals surface area (Å²) in [6.07, 6.45) is 5.71. The Morgan fingerprint density at radius 3 is 2.10 bits per heavy atom. The van der Waals surface area contributed by atoms with E-state index in [9.17, 15) is 0 Å². The highest BCUT2D eigenvalue weighted by Crippen LogP contribution is 2.41. The van der Waals surface area contributed by atoms with Gasteiger partial charge in [0.05, 0.1) is 0 Å². The first kappa shape index (κ1) is 6.66. The molecule has 0 aliphatic carbocycles. The summed E-state index contributed by atoms with van der Waals surface area (Å²) in [6, 6.07) is 0.877. The summed E-state index contributed by atoms with van der Waals surface area (Å²) in [4.78, 5) is 0. The largest absolute Gasteiger partial charge is 0.308 e. The molecule has 0 atom stereocenters. The predicted molar refractivity (Wildman–Crippen MR) is 43.0 cm³/mol. The minimum absolute atomic E-state index is 0.560. The number of hydrogen-bond donors (Lipinski definition) is 1. The van der Waals surface area contributed by atoms with Crippen LogP contribution in [-0.2, 0) is 0 Å². The molecule has 0 radical (unpaired) electrons. The highest BCUT2D eigenvalue weighted by Gasteiger charge is 2.45. The van der Waals surface area contributed by atoms with Crippen LogP contribution in [0.5, 0.6) is 0 Å². The Hall–Kier alpha value is -0.0400. The second kappa shape index (κ2) is 1.97. The summed E-state index contributed by atoms with van der Waals surface area (Å²) >= 11 is 0. The molecule has 0 spiro atoms. The van der Waals surface area contributed by atoms with E-state index in [0.717, 1.165) is 12.0 Å². The van der Waals surface area contributed by atoms with Gasteiger partial charge in [0.1, 0.15) is 0 Å². The predicted octanol–water partition coefficient (Wildman–Crippen LogP) is 1.93. The molecule has 2 heterocycles. The summed E-state index contributed by atoms with van der Waals surface area (Å²) in [5, 5.41) is 3.74. The lowest BCUT2D eigenvalue weighted by Gasteiger charge is -2.30. The molecule has 10 heavy (non-hydrogen) atoms. The minimum Gasteiger partial charge on any atom is -0.308 e. The molecule has 0 saturated carbocycles. The van der Waals surface area contributed by atoms with E-state index in [2.05, 4.69) is 19.2 Å². The van der Waals surface area contributed by atoms with Crippen LogP contribution in [0.4, 0.5) is 0 Å². The molecule has 0 unspecified atom stereocenters. The average Bonchev–Trinajstić information content (AvgIpc) is 2.45. The van der Waals surface area contributed by atoms with E-state index in [0.29, 0.717) is 5.54 Å². The van der Waals surface area contributed by atoms with Crippen molar-refractivity contribution in [1.82, 2.24) is 5.32 Å². The second-order valence-corrected chi connectivity index (χ2v) is 4.23. The maximum atomic E-state index is 3.74. The van der Waals surface area contributed by atoms with Crippen molar-refractivity contribution in [2.75, 3.05) is 0 Å². The van der Waals surface area contributed by atoms with Crippen molar-refractivity contribution < 1.29 is 0 Å². The fourth-order valence-electron chi connectivity index (χ4n) is 2.57. The molecule has 2 aliphatic rings. The lowest BCUT2D eigenvalue weighted by Crippen LogP contribution is -2.41. The number of nitrogens with one attached hydrogen (secondary N) is 1. The first-order valence-corrected chi connectivity index (χ1v) is 4.51. The Kier molecular flexibility index (Phi) is 1.31. The van der Waals surface area contributed by atoms with Gasteiger partial charge in [0, 0.05) is 11.6 Å². The SMILES string of the molecule is CC(C)C12CCC(CC1)N2. The third kappa shape index (κ3) is 0.731. The molecule has 2 rings (SSSR count). The summed E-state index contributed by atoms with van der Waals surface area (Å²) in [5.74, 6) is 0.833. The van der Waals surface area contributed by atoms with Crippen LogP contribution in [0.25, 0.3) is 0 Å². The van der Waals surface area contributed by atoms with Crippen LogP contribution < -0.4 is 5.32 Å². The van der Waals surface area contributed by atoms with Gasteiger partial charge in [0.2, 0.25) is 0 Å². The number of fused-ring (bicyclic) bond motifs is 2. The van der Waals surface area contributed by atoms with Crippen molar-refractivity contribution >= 4 is 0 Å². The lowest BCUT2D eigenvalue weighted by molar-refractivity contribution is 0.280. The van der Waals surface area contributed by atoms with Crippen LogP contribution in [0.15, 0.2) is 0 Å². The summed E-state index contributed by atoms with van der Waals surface area (Å²) in [5.41, 5.74) is 0.560. The van der Waals surface area contributed by atoms with E-state index >= 15 is 0 Å². The molecular weight excluding hydrogens is 122 g/mol. The molecule has 0 amide bonds. The number of rotatable bonds is 1. The van der Waals surface area contributed by atoms with Gasteiger partial charge in [-0.15, -0.1) is 0 Å². The molecule has 0 aromatic carbocycles. The molecule has 2 aliphatic heterocycles. The zero-order valence-electron chi connectivity index (χ0n) is 6.98. The van der Waals surface area contributed by atoms with Gasteiger partial charge in [-0.25, -0.2) is 0 Å². The first-order valence-electron chi connectivity index (χ1n) is 4.51. The molecule has 1 heteroatoms. The molecule has 2 saturated heterocycles. The second-order valence-electron chi connectivity index (χ2n) is 4.23. The molecule has 0 aromatic heterocycles. The van der Waals surface area contributed by atoms with Gasteiger partial charge in [0.15, 0.2) is 0 Å². The van der Waals surface area contributed by atoms with Crippen LogP contribution in [0.1, 0.15) is 39.5 Å². The third-order valence-electron chi connectivity index (χ3n) is 3.47. The highest BCUT2D eigenvalue weighted by atomic mass is 15.1. The highest BCUT2D eigenvalue weighted by molar-refractivity contribution is 5.05. The topological polar surface area (TPSA) is 12.0 Å². The maximum absolute atomic E-state index is 3.74. The Morgan fingerprint density at radius 2 is 1.90 bits per heavy atom. The van der Waals surface area contributed by atoms with Crippen molar-refractivity contribution in [3.63, 3.8) is 0 Å². The molecule has 2 fully saturated rings. The average molecular weight is 139 g/mol. The van der Waals surface area contributed by atoms with Crippen LogP contribution in [0.2, 0.25) is 0 Å². The lowest BCUT2D eigenvalue weighted by atomic mass is 9.79. The summed E-state index contributed by atoms with van der Waals surface area (Å²) in [6.45, 7) is 4.70. The van der Waals surface area contributed by atoms with Gasteiger partial charge >= 0.3 is 0 Å². The Labute approximate surface area is 63.2 Å². The maximum Gasteiger partial charge on any atom is 0.0208 e. The van der Waals surface area contributed by atoms with Gasteiger partial charge in [-0.2, -0.15) is 0 Å². The van der Waals surface area contributed by atoms with Crippen molar-refractivity contribution in [2.24, 2.45) is 5.92 Å². The minimum atomic E-state index is 0.560. The standard InChI is InChI=1S/C9H17N/c1-7(2)9-5-3-8(10-9)4-6-9/h7-8,10H,3-6H2,1-2H3. The number of hydrogen-bond acceptors (Lipinski definition) is 1. The zero-order valence-corrected chi connectivity index (χ0v) is 6.98. The molecule has 58 valence electrons. The molecule has 2 bridgehead atoms. The Morgan fingerprint density at radius 1 is 1.30 bits per heavy atom. The van der Waals surface area contributed by atoms with E-state index in [-0.39, 0.29) is 0 Å². The van der Waals surface area contributed by atoms with Crippen LogP contribution in [0.3, 0.4) is 0 Å². The van der Waals surface area contributed by atoms with E-state index in [1.54, 1.807) is 0 Å². The van der Waals surface area contributed by atoms with Crippen LogP contribution in [-0.4, -0.2) is 11.6 Å². The van der Waals surface area contributed by atoms with E-state index in [1.165, 1.54) is 25.7 Å². The molecule has 1 N–H and O–H groups in total. The van der Waals surface area contributed by atoms with Crippen LogP contribution >= 0.6 is 0 Å². The zero-order chi connectivity index (χ0) is 7.19. The van der Waals surface area contributed by atoms with Crippen molar-refractivity contribution in [1.29, 1.82) is 0 Å². The third-order valence-corrected chi connectivity index (χ3v) is 3.47. The first-order chi connectivity index (χ1) is 4.73. The van der Waals surface area contributed by atoms with Gasteiger partial charge in [-0.05, 0) is 31.6 Å². The van der Waals surface area contributed by atoms with Gasteiger partial charge < -0.3 is 5.32 Å². The molecule has 0 aromatic rings. The van der Waals surface area contributed by atoms with Crippen molar-refractivity contribution in [3.8, 4) is 0 Å². The van der Waals surface area contributed by atoms with E-state index in [1.807, 2.05) is 0 Å². The Bertz CT molecular complexity index is 132. The van der Waals surface area contributed by atoms with Gasteiger partial charge in [0.25, 0.3) is 0 Å². The fraction of sp³-hybridized carbons (Fsp3) is 1.00. The van der Waals surface area contributed by atoms with Crippen LogP contribution in [0, 0.1) is 5.92 Å². The smallest absolute Gasteiger partial charge is 0.0208 e. The van der Waals surface area contributed by atoms with Crippen molar-refractivity contribution in [3.05, 3.63) is 0 Å². The Balaban J connectivity index is 2.15. The normalized spacial score (nSPS) is 45.3. The monoisotopic (exact) mass is 139 g/mol. The molecule has 1 nitrogen and oxygen atoms in total. The van der Waals surface area contributed by atoms with Crippen molar-refractivity contribution in [2.45, 2.75) is 51.1 Å². The van der Waals surface area contributed by atoms with E-state index < -0.39 is 0 Å². The quantitative estimate of drug-likeness (QED) is 0.585. The fourth-order valence-corrected chi connectivity index (χ4v) is 2.57.